The molecule has 0 bridgehead atoms. The Morgan fingerprint density at radius 2 is 2.00 bits per heavy atom. The molecule has 0 amide bonds. The van der Waals surface area contributed by atoms with E-state index in [2.05, 4.69) is 15.0 Å². The topological polar surface area (TPSA) is 41.4 Å². The van der Waals surface area contributed by atoms with Crippen LogP contribution in [0.5, 0.6) is 0 Å². The van der Waals surface area contributed by atoms with E-state index >= 15 is 0 Å². The van der Waals surface area contributed by atoms with Crippen LogP contribution in [0, 0.1) is 6.92 Å². The van der Waals surface area contributed by atoms with E-state index in [-0.39, 0.29) is 0 Å². The largest absolute Gasteiger partial charge is 0.369 e. The van der Waals surface area contributed by atoms with Crippen LogP contribution in [0.15, 0.2) is 4.99 Å². The van der Waals surface area contributed by atoms with Gasteiger partial charge in [0, 0.05) is 19.0 Å². The fraction of sp³-hybridized carbons (Fsp3) is 0.500. The second-order valence-electron chi connectivity index (χ2n) is 5.19. The van der Waals surface area contributed by atoms with Crippen molar-refractivity contribution < 1.29 is 0 Å². The van der Waals surface area contributed by atoms with Gasteiger partial charge in [-0.3, -0.25) is 0 Å². The minimum Gasteiger partial charge on any atom is -0.369 e. The Labute approximate surface area is 117 Å². The van der Waals surface area contributed by atoms with Crippen LogP contribution >= 0.6 is 11.3 Å². The van der Waals surface area contributed by atoms with Crippen molar-refractivity contribution in [3.63, 3.8) is 0 Å². The molecule has 3 rings (SSSR count). The van der Waals surface area contributed by atoms with Crippen LogP contribution in [0.25, 0.3) is 10.2 Å². The first-order chi connectivity index (χ1) is 9.15. The predicted octanol–water partition coefficient (Wildman–Crippen LogP) is 3.10. The van der Waals surface area contributed by atoms with Crippen LogP contribution in [0.2, 0.25) is 0 Å². The van der Waals surface area contributed by atoms with Crippen molar-refractivity contribution in [1.82, 2.24) is 14.9 Å². The van der Waals surface area contributed by atoms with Gasteiger partial charge in [-0.2, -0.15) is 0 Å². The number of nitrogens with zero attached hydrogens (tertiary/aromatic N) is 4. The lowest BCUT2D eigenvalue weighted by Crippen LogP contribution is -2.07. The highest BCUT2D eigenvalue weighted by Gasteiger charge is 2.20. The lowest BCUT2D eigenvalue weighted by Gasteiger charge is -2.11. The molecule has 4 nitrogen and oxygen atoms in total. The van der Waals surface area contributed by atoms with E-state index in [4.69, 9.17) is 0 Å². The summed E-state index contributed by atoms with van der Waals surface area (Å²) in [6.45, 7) is 1.94. The molecule has 0 spiro atoms. The molecule has 2 heterocycles. The zero-order chi connectivity index (χ0) is 13.4. The summed E-state index contributed by atoms with van der Waals surface area (Å²) in [7, 11) is 3.94. The number of rotatable bonds is 2. The summed E-state index contributed by atoms with van der Waals surface area (Å²) in [6, 6.07) is 0. The molecule has 2 aromatic rings. The Morgan fingerprint density at radius 3 is 2.79 bits per heavy atom. The van der Waals surface area contributed by atoms with Crippen LogP contribution in [0.4, 0.5) is 5.82 Å². The summed E-state index contributed by atoms with van der Waals surface area (Å²) in [5.74, 6) is 1.63. The first kappa shape index (κ1) is 12.5. The van der Waals surface area contributed by atoms with Gasteiger partial charge < -0.3 is 4.90 Å². The molecular formula is C14H18N4S. The molecule has 1 aliphatic rings. The maximum absolute atomic E-state index is 4.59. The van der Waals surface area contributed by atoms with Gasteiger partial charge in [0.2, 0.25) is 0 Å². The Bertz CT molecular complexity index is 642. The van der Waals surface area contributed by atoms with Crippen molar-refractivity contribution in [1.29, 1.82) is 0 Å². The average molecular weight is 274 g/mol. The van der Waals surface area contributed by atoms with Gasteiger partial charge in [0.05, 0.1) is 11.7 Å². The van der Waals surface area contributed by atoms with Crippen molar-refractivity contribution in [3.8, 4) is 0 Å². The molecule has 0 N–H and O–H groups in total. The molecule has 0 unspecified atom stereocenters. The van der Waals surface area contributed by atoms with E-state index in [0.717, 1.165) is 22.9 Å². The summed E-state index contributed by atoms with van der Waals surface area (Å²) in [6.07, 6.45) is 6.71. The monoisotopic (exact) mass is 274 g/mol. The highest BCUT2D eigenvalue weighted by atomic mass is 32.1. The predicted molar refractivity (Wildman–Crippen MR) is 80.6 cm³/mol. The standard InChI is InChI=1S/C14H18N4S/c1-9-16-13(15-8-18(2)3)12-10-6-4-5-7-11(10)19-14(12)17-9/h8H,4-7H2,1-3H3. The molecule has 0 fully saturated rings. The lowest BCUT2D eigenvalue weighted by atomic mass is 9.97. The van der Waals surface area contributed by atoms with Gasteiger partial charge >= 0.3 is 0 Å². The number of aromatic nitrogens is 2. The molecule has 19 heavy (non-hydrogen) atoms. The molecule has 5 heteroatoms. The van der Waals surface area contributed by atoms with Gasteiger partial charge in [0.25, 0.3) is 0 Å². The van der Waals surface area contributed by atoms with Crippen LogP contribution in [-0.4, -0.2) is 35.3 Å². The van der Waals surface area contributed by atoms with E-state index < -0.39 is 0 Å². The maximum atomic E-state index is 4.59. The van der Waals surface area contributed by atoms with Crippen molar-refractivity contribution in [2.75, 3.05) is 14.1 Å². The lowest BCUT2D eigenvalue weighted by molar-refractivity contribution is 0.643. The Hall–Kier alpha value is -1.49. The fourth-order valence-corrected chi connectivity index (χ4v) is 3.81. The van der Waals surface area contributed by atoms with E-state index in [0.29, 0.717) is 0 Å². The minimum absolute atomic E-state index is 0.803. The zero-order valence-corrected chi connectivity index (χ0v) is 12.4. The maximum Gasteiger partial charge on any atom is 0.166 e. The minimum atomic E-state index is 0.803. The SMILES string of the molecule is Cc1nc(N=CN(C)C)c2c3c(sc2n1)CCCC3. The molecule has 1 aliphatic carbocycles. The molecule has 0 saturated carbocycles. The summed E-state index contributed by atoms with van der Waals surface area (Å²) in [5, 5.41) is 1.18. The second kappa shape index (κ2) is 4.89. The summed E-state index contributed by atoms with van der Waals surface area (Å²) in [5.41, 5.74) is 1.44. The molecule has 2 aromatic heterocycles. The van der Waals surface area contributed by atoms with Crippen LogP contribution in [0.3, 0.4) is 0 Å². The third-order valence-electron chi connectivity index (χ3n) is 3.32. The normalized spacial score (nSPS) is 15.1. The van der Waals surface area contributed by atoms with Gasteiger partial charge in [0.15, 0.2) is 5.82 Å². The van der Waals surface area contributed by atoms with E-state index in [1.54, 1.807) is 0 Å². The van der Waals surface area contributed by atoms with Crippen molar-refractivity contribution in [3.05, 3.63) is 16.3 Å². The first-order valence-corrected chi connectivity index (χ1v) is 7.46. The van der Waals surface area contributed by atoms with Crippen molar-refractivity contribution >= 4 is 33.7 Å². The van der Waals surface area contributed by atoms with E-state index in [1.807, 2.05) is 43.6 Å². The third kappa shape index (κ3) is 2.34. The Morgan fingerprint density at radius 1 is 1.21 bits per heavy atom. The summed E-state index contributed by atoms with van der Waals surface area (Å²) < 4.78 is 0. The van der Waals surface area contributed by atoms with Gasteiger partial charge in [-0.05, 0) is 38.2 Å². The third-order valence-corrected chi connectivity index (χ3v) is 4.50. The zero-order valence-electron chi connectivity index (χ0n) is 11.6. The van der Waals surface area contributed by atoms with Gasteiger partial charge in [-0.15, -0.1) is 11.3 Å². The van der Waals surface area contributed by atoms with Crippen molar-refractivity contribution in [2.45, 2.75) is 32.6 Å². The second-order valence-corrected chi connectivity index (χ2v) is 6.28. The highest BCUT2D eigenvalue weighted by Crippen LogP contribution is 2.39. The van der Waals surface area contributed by atoms with Crippen LogP contribution in [-0.2, 0) is 12.8 Å². The molecule has 100 valence electrons. The molecule has 0 radical (unpaired) electrons. The van der Waals surface area contributed by atoms with E-state index in [9.17, 15) is 0 Å². The van der Waals surface area contributed by atoms with Gasteiger partial charge in [-0.25, -0.2) is 15.0 Å². The average Bonchev–Trinajstić information content (AvgIpc) is 2.73. The number of aliphatic imine (C=N–C) groups is 1. The highest BCUT2D eigenvalue weighted by molar-refractivity contribution is 7.19. The number of aryl methyl sites for hydroxylation is 3. The molecule has 0 atom stereocenters. The molecular weight excluding hydrogens is 256 g/mol. The van der Waals surface area contributed by atoms with Crippen LogP contribution < -0.4 is 0 Å². The fourth-order valence-electron chi connectivity index (χ4n) is 2.51. The first-order valence-electron chi connectivity index (χ1n) is 6.64. The molecule has 0 saturated heterocycles. The number of hydrogen-bond donors (Lipinski definition) is 0. The Kier molecular flexibility index (Phi) is 3.22. The van der Waals surface area contributed by atoms with E-state index in [1.165, 1.54) is 35.1 Å². The quantitative estimate of drug-likeness (QED) is 0.624. The number of hydrogen-bond acceptors (Lipinski definition) is 4. The number of fused-ring (bicyclic) bond motifs is 3. The van der Waals surface area contributed by atoms with Crippen molar-refractivity contribution in [2.24, 2.45) is 4.99 Å². The van der Waals surface area contributed by atoms with Gasteiger partial charge in [0.1, 0.15) is 10.7 Å². The van der Waals surface area contributed by atoms with Crippen LogP contribution in [0.1, 0.15) is 29.1 Å². The smallest absolute Gasteiger partial charge is 0.166 e. The Balaban J connectivity index is 2.21. The summed E-state index contributed by atoms with van der Waals surface area (Å²) in [4.78, 5) is 18.2. The van der Waals surface area contributed by atoms with Gasteiger partial charge in [-0.1, -0.05) is 0 Å². The molecule has 0 aromatic carbocycles. The number of thiophene rings is 1. The molecule has 0 aliphatic heterocycles. The summed E-state index contributed by atoms with van der Waals surface area (Å²) >= 11 is 1.82.